The van der Waals surface area contributed by atoms with Crippen LogP contribution in [0.1, 0.15) is 25.3 Å². The van der Waals surface area contributed by atoms with Gasteiger partial charge in [0, 0.05) is 12.2 Å². The zero-order chi connectivity index (χ0) is 18.6. The minimum atomic E-state index is -0.554. The summed E-state index contributed by atoms with van der Waals surface area (Å²) in [5.41, 5.74) is 7.66. The Morgan fingerprint density at radius 2 is 1.65 bits per heavy atom. The summed E-state index contributed by atoms with van der Waals surface area (Å²) in [4.78, 5) is 0. The minimum absolute atomic E-state index is 0.255. The van der Waals surface area contributed by atoms with E-state index in [0.29, 0.717) is 6.54 Å². The van der Waals surface area contributed by atoms with Gasteiger partial charge in [-0.3, -0.25) is 0 Å². The highest BCUT2D eigenvalue weighted by Gasteiger charge is 2.05. The maximum Gasteiger partial charge on any atom is 0.119 e. The average molecular weight is 358 g/mol. The zero-order valence-electron chi connectivity index (χ0n) is 15.5. The predicted molar refractivity (Wildman–Crippen MR) is 106 cm³/mol. The van der Waals surface area contributed by atoms with Crippen LogP contribution >= 0.6 is 0 Å². The van der Waals surface area contributed by atoms with E-state index in [2.05, 4.69) is 12.2 Å². The fourth-order valence-corrected chi connectivity index (χ4v) is 2.40. The molecule has 0 saturated heterocycles. The van der Waals surface area contributed by atoms with Gasteiger partial charge in [0.05, 0.1) is 6.61 Å². The highest BCUT2D eigenvalue weighted by atomic mass is 16.5. The summed E-state index contributed by atoms with van der Waals surface area (Å²) in [6, 6.07) is 15.4. The van der Waals surface area contributed by atoms with Gasteiger partial charge < -0.3 is 25.6 Å². The van der Waals surface area contributed by atoms with Crippen LogP contribution in [0.15, 0.2) is 48.5 Å². The Morgan fingerprint density at radius 1 is 1.00 bits per heavy atom. The summed E-state index contributed by atoms with van der Waals surface area (Å²) >= 11 is 0. The van der Waals surface area contributed by atoms with Gasteiger partial charge in [0.15, 0.2) is 0 Å². The first-order valence-corrected chi connectivity index (χ1v) is 9.26. The Bertz CT molecular complexity index is 614. The molecule has 5 heteroatoms. The molecule has 0 aliphatic heterocycles. The standard InChI is InChI=1S/C21H30N2O3/c1-2-3-14-25-20-8-10-21(11-9-20)26-16-19(24)15-23-13-12-17-4-6-18(22)7-5-17/h4-11,19,23-24H,2-3,12-16,22H2,1H3/t19-/m0/s1. The summed E-state index contributed by atoms with van der Waals surface area (Å²) in [5, 5.41) is 13.3. The molecule has 0 radical (unpaired) electrons. The molecule has 0 fully saturated rings. The lowest BCUT2D eigenvalue weighted by Crippen LogP contribution is -2.32. The molecule has 26 heavy (non-hydrogen) atoms. The van der Waals surface area contributed by atoms with Crippen LogP contribution in [0.25, 0.3) is 0 Å². The highest BCUT2D eigenvalue weighted by Crippen LogP contribution is 2.18. The normalized spacial score (nSPS) is 11.9. The number of benzene rings is 2. The maximum atomic E-state index is 10.0. The van der Waals surface area contributed by atoms with Crippen molar-refractivity contribution in [2.75, 3.05) is 32.0 Å². The van der Waals surface area contributed by atoms with Gasteiger partial charge >= 0.3 is 0 Å². The molecule has 0 unspecified atom stereocenters. The molecule has 1 atom stereocenters. The quantitative estimate of drug-likeness (QED) is 0.402. The van der Waals surface area contributed by atoms with Crippen LogP contribution in [0.2, 0.25) is 0 Å². The third-order valence-corrected chi connectivity index (χ3v) is 3.98. The van der Waals surface area contributed by atoms with Crippen molar-refractivity contribution < 1.29 is 14.6 Å². The van der Waals surface area contributed by atoms with Crippen molar-refractivity contribution in [2.45, 2.75) is 32.3 Å². The summed E-state index contributed by atoms with van der Waals surface area (Å²) in [7, 11) is 0. The van der Waals surface area contributed by atoms with E-state index < -0.39 is 6.10 Å². The van der Waals surface area contributed by atoms with Gasteiger partial charge in [-0.2, -0.15) is 0 Å². The minimum Gasteiger partial charge on any atom is -0.494 e. The molecule has 0 spiro atoms. The first-order valence-electron chi connectivity index (χ1n) is 9.26. The second-order valence-corrected chi connectivity index (χ2v) is 6.33. The Kier molecular flexibility index (Phi) is 8.79. The second-order valence-electron chi connectivity index (χ2n) is 6.33. The molecular formula is C21H30N2O3. The molecule has 2 aromatic carbocycles. The van der Waals surface area contributed by atoms with Gasteiger partial charge in [-0.1, -0.05) is 25.5 Å². The van der Waals surface area contributed by atoms with E-state index in [1.165, 1.54) is 5.56 Å². The highest BCUT2D eigenvalue weighted by molar-refractivity contribution is 5.39. The van der Waals surface area contributed by atoms with E-state index in [4.69, 9.17) is 15.2 Å². The third-order valence-electron chi connectivity index (χ3n) is 3.98. The molecule has 5 nitrogen and oxygen atoms in total. The molecular weight excluding hydrogens is 328 g/mol. The molecule has 4 N–H and O–H groups in total. The first-order chi connectivity index (χ1) is 12.7. The molecule has 2 aromatic rings. The number of hydrogen-bond donors (Lipinski definition) is 3. The van der Waals surface area contributed by atoms with Crippen molar-refractivity contribution in [3.63, 3.8) is 0 Å². The van der Waals surface area contributed by atoms with Crippen molar-refractivity contribution in [1.29, 1.82) is 0 Å². The van der Waals surface area contributed by atoms with Crippen LogP contribution in [0.4, 0.5) is 5.69 Å². The fourth-order valence-electron chi connectivity index (χ4n) is 2.40. The summed E-state index contributed by atoms with van der Waals surface area (Å²) < 4.78 is 11.2. The zero-order valence-corrected chi connectivity index (χ0v) is 15.5. The number of unbranched alkanes of at least 4 members (excludes halogenated alkanes) is 1. The molecule has 0 aliphatic carbocycles. The Labute approximate surface area is 156 Å². The van der Waals surface area contributed by atoms with E-state index in [0.717, 1.165) is 49.6 Å². The molecule has 0 aliphatic rings. The number of rotatable bonds is 12. The van der Waals surface area contributed by atoms with Gasteiger partial charge in [0.1, 0.15) is 24.2 Å². The van der Waals surface area contributed by atoms with Gasteiger partial charge in [0.2, 0.25) is 0 Å². The molecule has 0 saturated carbocycles. The predicted octanol–water partition coefficient (Wildman–Crippen LogP) is 3.02. The number of aliphatic hydroxyl groups is 1. The van der Waals surface area contributed by atoms with Gasteiger partial charge in [0.25, 0.3) is 0 Å². The Morgan fingerprint density at radius 3 is 2.31 bits per heavy atom. The topological polar surface area (TPSA) is 76.7 Å². The van der Waals surface area contributed by atoms with Crippen molar-refractivity contribution in [1.82, 2.24) is 5.32 Å². The molecule has 0 heterocycles. The number of nitrogens with two attached hydrogens (primary N) is 1. The van der Waals surface area contributed by atoms with Crippen molar-refractivity contribution >= 4 is 5.69 Å². The monoisotopic (exact) mass is 358 g/mol. The van der Waals surface area contributed by atoms with Crippen LogP contribution in [-0.2, 0) is 6.42 Å². The summed E-state index contributed by atoms with van der Waals surface area (Å²) in [5.74, 6) is 1.57. The van der Waals surface area contributed by atoms with Crippen LogP contribution < -0.4 is 20.5 Å². The van der Waals surface area contributed by atoms with E-state index in [-0.39, 0.29) is 6.61 Å². The maximum absolute atomic E-state index is 10.0. The molecule has 142 valence electrons. The van der Waals surface area contributed by atoms with Crippen LogP contribution in [0, 0.1) is 0 Å². The molecule has 0 amide bonds. The molecule has 0 bridgehead atoms. The Balaban J connectivity index is 1.59. The SMILES string of the molecule is CCCCOc1ccc(OC[C@@H](O)CNCCc2ccc(N)cc2)cc1. The number of hydrogen-bond acceptors (Lipinski definition) is 5. The number of nitrogen functional groups attached to an aromatic ring is 1. The molecule has 0 aromatic heterocycles. The first kappa shape index (κ1) is 20.1. The lowest BCUT2D eigenvalue weighted by atomic mass is 10.1. The van der Waals surface area contributed by atoms with Crippen LogP contribution in [-0.4, -0.2) is 37.5 Å². The lowest BCUT2D eigenvalue weighted by molar-refractivity contribution is 0.106. The van der Waals surface area contributed by atoms with Crippen molar-refractivity contribution in [2.24, 2.45) is 0 Å². The number of ether oxygens (including phenoxy) is 2. The average Bonchev–Trinajstić information content (AvgIpc) is 2.66. The summed E-state index contributed by atoms with van der Waals surface area (Å²) in [6.45, 7) is 4.42. The number of aliphatic hydroxyl groups excluding tert-OH is 1. The Hall–Kier alpha value is -2.24. The van der Waals surface area contributed by atoms with E-state index in [1.54, 1.807) is 0 Å². The second kappa shape index (κ2) is 11.4. The smallest absolute Gasteiger partial charge is 0.119 e. The summed E-state index contributed by atoms with van der Waals surface area (Å²) in [6.07, 6.45) is 2.51. The number of nitrogens with one attached hydrogen (secondary N) is 1. The van der Waals surface area contributed by atoms with Crippen molar-refractivity contribution in [3.05, 3.63) is 54.1 Å². The van der Waals surface area contributed by atoms with E-state index >= 15 is 0 Å². The lowest BCUT2D eigenvalue weighted by Gasteiger charge is -2.14. The van der Waals surface area contributed by atoms with E-state index in [9.17, 15) is 5.11 Å². The van der Waals surface area contributed by atoms with Gasteiger partial charge in [-0.05, 0) is 61.3 Å². The van der Waals surface area contributed by atoms with E-state index in [1.807, 2.05) is 48.5 Å². The number of anilines is 1. The van der Waals surface area contributed by atoms with Gasteiger partial charge in [-0.15, -0.1) is 0 Å². The van der Waals surface area contributed by atoms with Crippen LogP contribution in [0.5, 0.6) is 11.5 Å². The fraction of sp³-hybridized carbons (Fsp3) is 0.429. The van der Waals surface area contributed by atoms with Crippen molar-refractivity contribution in [3.8, 4) is 11.5 Å². The van der Waals surface area contributed by atoms with Crippen LogP contribution in [0.3, 0.4) is 0 Å². The third kappa shape index (κ3) is 7.76. The van der Waals surface area contributed by atoms with Gasteiger partial charge in [-0.25, -0.2) is 0 Å². The molecule has 2 rings (SSSR count). The largest absolute Gasteiger partial charge is 0.494 e.